The summed E-state index contributed by atoms with van der Waals surface area (Å²) in [5.41, 5.74) is 1.20. The Morgan fingerprint density at radius 1 is 1.29 bits per heavy atom. The van der Waals surface area contributed by atoms with Gasteiger partial charge >= 0.3 is 0 Å². The number of benzene rings is 1. The van der Waals surface area contributed by atoms with Crippen molar-refractivity contribution in [2.75, 3.05) is 37.0 Å². The zero-order valence-corrected chi connectivity index (χ0v) is 14.5. The average molecular weight is 326 g/mol. The van der Waals surface area contributed by atoms with Gasteiger partial charge in [0.05, 0.1) is 7.11 Å². The highest BCUT2D eigenvalue weighted by molar-refractivity contribution is 5.49. The third-order valence-electron chi connectivity index (χ3n) is 4.53. The van der Waals surface area contributed by atoms with Gasteiger partial charge in [-0.3, -0.25) is 0 Å². The van der Waals surface area contributed by atoms with Gasteiger partial charge in [0.1, 0.15) is 23.7 Å². The number of piperidine rings is 1. The summed E-state index contributed by atoms with van der Waals surface area (Å²) in [4.78, 5) is 11.2. The van der Waals surface area contributed by atoms with E-state index in [0.717, 1.165) is 49.4 Å². The second-order valence-corrected chi connectivity index (χ2v) is 6.44. The van der Waals surface area contributed by atoms with Crippen LogP contribution in [0, 0.1) is 5.92 Å². The molecule has 1 aliphatic heterocycles. The zero-order valence-electron chi connectivity index (χ0n) is 14.5. The predicted octanol–water partition coefficient (Wildman–Crippen LogP) is 3.38. The van der Waals surface area contributed by atoms with E-state index in [2.05, 4.69) is 39.2 Å². The molecule has 128 valence electrons. The summed E-state index contributed by atoms with van der Waals surface area (Å²) in [5.74, 6) is 3.57. The smallest absolute Gasteiger partial charge is 0.134 e. The molecule has 24 heavy (non-hydrogen) atoms. The number of anilines is 2. The molecule has 0 bridgehead atoms. The SMILES string of the molecule is COc1ccccc1CCNc1cc(N2CCCC(C)C2)ncn1. The topological polar surface area (TPSA) is 50.3 Å². The summed E-state index contributed by atoms with van der Waals surface area (Å²) >= 11 is 0. The molecule has 1 fully saturated rings. The van der Waals surface area contributed by atoms with Gasteiger partial charge < -0.3 is 15.0 Å². The number of nitrogens with zero attached hydrogens (tertiary/aromatic N) is 3. The molecule has 1 atom stereocenters. The molecule has 0 aliphatic carbocycles. The molecule has 5 heteroatoms. The normalized spacial score (nSPS) is 17.6. The second-order valence-electron chi connectivity index (χ2n) is 6.44. The minimum absolute atomic E-state index is 0.732. The van der Waals surface area contributed by atoms with Crippen LogP contribution >= 0.6 is 0 Å². The molecule has 0 amide bonds. The van der Waals surface area contributed by atoms with Gasteiger partial charge in [0.15, 0.2) is 0 Å². The van der Waals surface area contributed by atoms with Crippen LogP contribution in [0.1, 0.15) is 25.3 Å². The van der Waals surface area contributed by atoms with Crippen molar-refractivity contribution in [1.29, 1.82) is 0 Å². The van der Waals surface area contributed by atoms with E-state index in [1.54, 1.807) is 13.4 Å². The molecule has 1 saturated heterocycles. The first-order valence-corrected chi connectivity index (χ1v) is 8.69. The van der Waals surface area contributed by atoms with E-state index < -0.39 is 0 Å². The number of hydrogen-bond acceptors (Lipinski definition) is 5. The maximum atomic E-state index is 5.40. The lowest BCUT2D eigenvalue weighted by Gasteiger charge is -2.31. The van der Waals surface area contributed by atoms with Gasteiger partial charge in [-0.2, -0.15) is 0 Å². The van der Waals surface area contributed by atoms with E-state index in [1.165, 1.54) is 18.4 Å². The van der Waals surface area contributed by atoms with Crippen LogP contribution in [0.5, 0.6) is 5.75 Å². The quantitative estimate of drug-likeness (QED) is 0.882. The fraction of sp³-hybridized carbons (Fsp3) is 0.474. The van der Waals surface area contributed by atoms with Gasteiger partial charge in [0.2, 0.25) is 0 Å². The van der Waals surface area contributed by atoms with Gasteiger partial charge in [0.25, 0.3) is 0 Å². The standard InChI is InChI=1S/C19H26N4O/c1-15-6-5-11-23(13-15)19-12-18(21-14-22-19)20-10-9-16-7-3-4-8-17(16)24-2/h3-4,7-8,12,14-15H,5-6,9-11,13H2,1-2H3,(H,20,21,22). The highest BCUT2D eigenvalue weighted by Gasteiger charge is 2.17. The van der Waals surface area contributed by atoms with Crippen molar-refractivity contribution in [1.82, 2.24) is 9.97 Å². The summed E-state index contributed by atoms with van der Waals surface area (Å²) < 4.78 is 5.40. The number of para-hydroxylation sites is 1. The Balaban J connectivity index is 1.58. The molecular weight excluding hydrogens is 300 g/mol. The summed E-state index contributed by atoms with van der Waals surface area (Å²) in [6, 6.07) is 10.2. The molecule has 0 saturated carbocycles. The molecule has 2 heterocycles. The Morgan fingerprint density at radius 2 is 2.17 bits per heavy atom. The molecule has 0 radical (unpaired) electrons. The van der Waals surface area contributed by atoms with Gasteiger partial charge in [-0.25, -0.2) is 9.97 Å². The van der Waals surface area contributed by atoms with Gasteiger partial charge in [0, 0.05) is 25.7 Å². The van der Waals surface area contributed by atoms with Crippen LogP contribution in [0.15, 0.2) is 36.7 Å². The lowest BCUT2D eigenvalue weighted by atomic mass is 10.0. The lowest BCUT2D eigenvalue weighted by molar-refractivity contribution is 0.410. The minimum atomic E-state index is 0.732. The first-order chi connectivity index (χ1) is 11.8. The summed E-state index contributed by atoms with van der Waals surface area (Å²) in [5, 5.41) is 3.40. The summed E-state index contributed by atoms with van der Waals surface area (Å²) in [6.07, 6.45) is 5.09. The van der Waals surface area contributed by atoms with E-state index >= 15 is 0 Å². The van der Waals surface area contributed by atoms with Crippen molar-refractivity contribution in [2.24, 2.45) is 5.92 Å². The highest BCUT2D eigenvalue weighted by atomic mass is 16.5. The molecule has 1 unspecified atom stereocenters. The van der Waals surface area contributed by atoms with Crippen LogP contribution in [-0.4, -0.2) is 36.7 Å². The first kappa shape index (κ1) is 16.6. The maximum absolute atomic E-state index is 5.40. The molecule has 1 aromatic carbocycles. The molecule has 0 spiro atoms. The summed E-state index contributed by atoms with van der Waals surface area (Å²) in [6.45, 7) is 5.28. The van der Waals surface area contributed by atoms with Gasteiger partial charge in [-0.05, 0) is 36.8 Å². The number of aromatic nitrogens is 2. The molecule has 3 rings (SSSR count). The molecular formula is C19H26N4O. The number of methoxy groups -OCH3 is 1. The Labute approximate surface area is 144 Å². The van der Waals surface area contributed by atoms with Gasteiger partial charge in [-0.15, -0.1) is 0 Å². The lowest BCUT2D eigenvalue weighted by Crippen LogP contribution is -2.34. The van der Waals surface area contributed by atoms with Crippen molar-refractivity contribution < 1.29 is 4.74 Å². The van der Waals surface area contributed by atoms with Crippen LogP contribution < -0.4 is 15.0 Å². The summed E-state index contributed by atoms with van der Waals surface area (Å²) in [7, 11) is 1.71. The maximum Gasteiger partial charge on any atom is 0.134 e. The van der Waals surface area contributed by atoms with E-state index in [1.807, 2.05) is 18.2 Å². The largest absolute Gasteiger partial charge is 0.496 e. The van der Waals surface area contributed by atoms with Crippen LogP contribution in [0.25, 0.3) is 0 Å². The third-order valence-corrected chi connectivity index (χ3v) is 4.53. The van der Waals surface area contributed by atoms with Crippen LogP contribution in [0.2, 0.25) is 0 Å². The van der Waals surface area contributed by atoms with E-state index in [0.29, 0.717) is 0 Å². The first-order valence-electron chi connectivity index (χ1n) is 8.69. The van der Waals surface area contributed by atoms with Crippen molar-refractivity contribution in [2.45, 2.75) is 26.2 Å². The van der Waals surface area contributed by atoms with Crippen LogP contribution in [-0.2, 0) is 6.42 Å². The van der Waals surface area contributed by atoms with Crippen molar-refractivity contribution in [3.8, 4) is 5.75 Å². The Hall–Kier alpha value is -2.30. The van der Waals surface area contributed by atoms with Crippen molar-refractivity contribution >= 4 is 11.6 Å². The molecule has 1 aromatic heterocycles. The fourth-order valence-corrected chi connectivity index (χ4v) is 3.25. The fourth-order valence-electron chi connectivity index (χ4n) is 3.25. The molecule has 2 aromatic rings. The van der Waals surface area contributed by atoms with Gasteiger partial charge in [-0.1, -0.05) is 25.1 Å². The monoisotopic (exact) mass is 326 g/mol. The van der Waals surface area contributed by atoms with E-state index in [-0.39, 0.29) is 0 Å². The second kappa shape index (κ2) is 7.99. The highest BCUT2D eigenvalue weighted by Crippen LogP contribution is 2.22. The molecule has 1 N–H and O–H groups in total. The number of ether oxygens (including phenoxy) is 1. The minimum Gasteiger partial charge on any atom is -0.496 e. The zero-order chi connectivity index (χ0) is 16.8. The van der Waals surface area contributed by atoms with Crippen LogP contribution in [0.4, 0.5) is 11.6 Å². The van der Waals surface area contributed by atoms with Crippen molar-refractivity contribution in [3.63, 3.8) is 0 Å². The number of hydrogen-bond donors (Lipinski definition) is 1. The van der Waals surface area contributed by atoms with Crippen molar-refractivity contribution in [3.05, 3.63) is 42.2 Å². The number of nitrogens with one attached hydrogen (secondary N) is 1. The molecule has 1 aliphatic rings. The predicted molar refractivity (Wildman–Crippen MR) is 97.8 cm³/mol. The third kappa shape index (κ3) is 4.16. The molecule has 5 nitrogen and oxygen atoms in total. The van der Waals surface area contributed by atoms with Crippen LogP contribution in [0.3, 0.4) is 0 Å². The average Bonchev–Trinajstić information content (AvgIpc) is 2.62. The Bertz CT molecular complexity index is 661. The van der Waals surface area contributed by atoms with E-state index in [9.17, 15) is 0 Å². The Kier molecular flexibility index (Phi) is 5.51. The Morgan fingerprint density at radius 3 is 3.00 bits per heavy atom. The van der Waals surface area contributed by atoms with E-state index in [4.69, 9.17) is 4.74 Å². The number of rotatable bonds is 6.